The van der Waals surface area contributed by atoms with Crippen LogP contribution < -0.4 is 5.69 Å². The normalized spacial score (nSPS) is 11.3. The van der Waals surface area contributed by atoms with Crippen molar-refractivity contribution in [2.75, 3.05) is 0 Å². The molecule has 0 bridgehead atoms. The summed E-state index contributed by atoms with van der Waals surface area (Å²) in [4.78, 5) is 31.2. The molecule has 0 N–H and O–H groups in total. The van der Waals surface area contributed by atoms with E-state index in [1.54, 1.807) is 13.0 Å². The van der Waals surface area contributed by atoms with Gasteiger partial charge in [0.25, 0.3) is 0 Å². The summed E-state index contributed by atoms with van der Waals surface area (Å²) in [6.07, 6.45) is 3.32. The number of pyridine rings is 1. The van der Waals surface area contributed by atoms with E-state index in [0.717, 1.165) is 22.6 Å². The highest BCUT2D eigenvalue weighted by atomic mass is 16.2. The molecule has 6 nitrogen and oxygen atoms in total. The van der Waals surface area contributed by atoms with Crippen molar-refractivity contribution in [3.05, 3.63) is 113 Å². The van der Waals surface area contributed by atoms with Crippen LogP contribution in [0.2, 0.25) is 0 Å². The minimum atomic E-state index is -0.378. The Bertz CT molecular complexity index is 1550. The molecule has 0 fully saturated rings. The maximum Gasteiger partial charge on any atom is 0.340 e. The highest BCUT2D eigenvalue weighted by Crippen LogP contribution is 2.20. The molecule has 0 aliphatic carbocycles. The van der Waals surface area contributed by atoms with E-state index < -0.39 is 0 Å². The van der Waals surface area contributed by atoms with Crippen LogP contribution in [0.25, 0.3) is 22.4 Å². The summed E-state index contributed by atoms with van der Waals surface area (Å²) < 4.78 is 4.79. The number of rotatable bonds is 6. The second-order valence-corrected chi connectivity index (χ2v) is 8.17. The van der Waals surface area contributed by atoms with Gasteiger partial charge in [-0.1, -0.05) is 55.1 Å². The largest absolute Gasteiger partial charge is 0.340 e. The molecule has 6 heteroatoms. The van der Waals surface area contributed by atoms with E-state index in [9.17, 15) is 9.59 Å². The van der Waals surface area contributed by atoms with Crippen molar-refractivity contribution in [1.29, 1.82) is 0 Å². The number of aryl methyl sites for hydroxylation is 1. The Labute approximate surface area is 191 Å². The Balaban J connectivity index is 1.50. The Morgan fingerprint density at radius 2 is 1.58 bits per heavy atom. The number of allylic oxidation sites excluding steroid dienone is 1. The first-order chi connectivity index (χ1) is 16.0. The lowest BCUT2D eigenvalue weighted by molar-refractivity contribution is 0.0903. The van der Waals surface area contributed by atoms with Crippen molar-refractivity contribution in [2.45, 2.75) is 26.2 Å². The summed E-state index contributed by atoms with van der Waals surface area (Å²) in [6, 6.07) is 23.3. The molecule has 0 saturated carbocycles. The minimum Gasteiger partial charge on any atom is -0.304 e. The van der Waals surface area contributed by atoms with Crippen molar-refractivity contribution < 1.29 is 4.79 Å². The summed E-state index contributed by atoms with van der Waals surface area (Å²) >= 11 is 0. The molecule has 0 spiro atoms. The smallest absolute Gasteiger partial charge is 0.304 e. The molecule has 3 aromatic heterocycles. The first-order valence-corrected chi connectivity index (χ1v) is 10.9. The standard InChI is InChI=1S/C27H24N4O2/c1-19(2)30-23-12-6-7-13-24(23)31(27(30)33)26(32)16-15-22-21(18-20-10-4-3-5-11-20)28-25-14-8-9-17-29(22)25/h3-14,17H,1,15-16,18H2,2H3. The SMILES string of the molecule is C=C(C)n1c(=O)n(C(=O)CCc2c(Cc3ccccc3)nc3ccccn23)c2ccccc21. The molecule has 5 aromatic rings. The molecule has 0 atom stereocenters. The summed E-state index contributed by atoms with van der Waals surface area (Å²) in [6.45, 7) is 5.67. The summed E-state index contributed by atoms with van der Waals surface area (Å²) in [7, 11) is 0. The van der Waals surface area contributed by atoms with E-state index in [0.29, 0.717) is 29.6 Å². The molecule has 0 aliphatic rings. The van der Waals surface area contributed by atoms with Crippen LogP contribution in [-0.2, 0) is 12.8 Å². The van der Waals surface area contributed by atoms with Gasteiger partial charge in [-0.2, -0.15) is 0 Å². The fourth-order valence-electron chi connectivity index (χ4n) is 4.39. The topological polar surface area (TPSA) is 61.3 Å². The Hall–Kier alpha value is -4.19. The number of nitrogens with zero attached hydrogens (tertiary/aromatic N) is 4. The van der Waals surface area contributed by atoms with E-state index in [1.807, 2.05) is 65.2 Å². The van der Waals surface area contributed by atoms with Crippen LogP contribution in [0.3, 0.4) is 0 Å². The van der Waals surface area contributed by atoms with Crippen LogP contribution in [0.4, 0.5) is 0 Å². The fourth-order valence-corrected chi connectivity index (χ4v) is 4.39. The maximum absolute atomic E-state index is 13.3. The number of hydrogen-bond donors (Lipinski definition) is 0. The van der Waals surface area contributed by atoms with Crippen LogP contribution in [0.1, 0.15) is 35.1 Å². The third kappa shape index (κ3) is 3.69. The van der Waals surface area contributed by atoms with Crippen molar-refractivity contribution in [2.24, 2.45) is 0 Å². The van der Waals surface area contributed by atoms with Crippen molar-refractivity contribution in [3.63, 3.8) is 0 Å². The second kappa shape index (κ2) is 8.39. The van der Waals surface area contributed by atoms with Gasteiger partial charge in [-0.15, -0.1) is 0 Å². The molecule has 0 unspecified atom stereocenters. The van der Waals surface area contributed by atoms with E-state index in [1.165, 1.54) is 9.13 Å². The Kier molecular flexibility index (Phi) is 5.26. The molecule has 2 aromatic carbocycles. The molecular formula is C27H24N4O2. The number of imidazole rings is 2. The number of para-hydroxylation sites is 2. The van der Waals surface area contributed by atoms with Crippen molar-refractivity contribution in [3.8, 4) is 0 Å². The van der Waals surface area contributed by atoms with Gasteiger partial charge < -0.3 is 4.40 Å². The van der Waals surface area contributed by atoms with Gasteiger partial charge in [0.1, 0.15) is 5.65 Å². The lowest BCUT2D eigenvalue weighted by Gasteiger charge is -2.06. The predicted octanol–water partition coefficient (Wildman–Crippen LogP) is 4.81. The molecule has 164 valence electrons. The van der Waals surface area contributed by atoms with Gasteiger partial charge >= 0.3 is 5.69 Å². The van der Waals surface area contributed by atoms with Crippen LogP contribution in [-0.4, -0.2) is 24.4 Å². The van der Waals surface area contributed by atoms with Gasteiger partial charge in [0, 0.05) is 30.4 Å². The maximum atomic E-state index is 13.3. The van der Waals surface area contributed by atoms with Gasteiger partial charge in [-0.05, 0) is 43.2 Å². The van der Waals surface area contributed by atoms with Crippen LogP contribution in [0.15, 0.2) is 90.4 Å². The van der Waals surface area contributed by atoms with E-state index in [4.69, 9.17) is 4.98 Å². The summed E-state index contributed by atoms with van der Waals surface area (Å²) in [5.41, 5.74) is 5.42. The molecule has 0 amide bonds. The number of benzene rings is 2. The van der Waals surface area contributed by atoms with E-state index in [2.05, 4.69) is 18.7 Å². The highest BCUT2D eigenvalue weighted by Gasteiger charge is 2.20. The molecule has 3 heterocycles. The first kappa shape index (κ1) is 20.7. The van der Waals surface area contributed by atoms with Gasteiger partial charge in [-0.3, -0.25) is 9.36 Å². The Morgan fingerprint density at radius 1 is 0.909 bits per heavy atom. The van der Waals surface area contributed by atoms with Crippen molar-refractivity contribution in [1.82, 2.24) is 18.5 Å². The zero-order valence-corrected chi connectivity index (χ0v) is 18.4. The molecule has 33 heavy (non-hydrogen) atoms. The molecular weight excluding hydrogens is 412 g/mol. The lowest BCUT2D eigenvalue weighted by atomic mass is 10.1. The lowest BCUT2D eigenvalue weighted by Crippen LogP contribution is -2.28. The summed E-state index contributed by atoms with van der Waals surface area (Å²) in [5, 5.41) is 0. The van der Waals surface area contributed by atoms with E-state index in [-0.39, 0.29) is 18.0 Å². The number of fused-ring (bicyclic) bond motifs is 2. The highest BCUT2D eigenvalue weighted by molar-refractivity contribution is 5.91. The second-order valence-electron chi connectivity index (χ2n) is 8.17. The third-order valence-corrected chi connectivity index (χ3v) is 5.88. The first-order valence-electron chi connectivity index (χ1n) is 10.9. The van der Waals surface area contributed by atoms with Gasteiger partial charge in [0.05, 0.1) is 16.7 Å². The number of aromatic nitrogens is 4. The average Bonchev–Trinajstić information content (AvgIpc) is 3.31. The zero-order chi connectivity index (χ0) is 22.9. The van der Waals surface area contributed by atoms with E-state index >= 15 is 0 Å². The number of carbonyl (C=O) groups is 1. The van der Waals surface area contributed by atoms with Crippen LogP contribution >= 0.6 is 0 Å². The molecule has 5 rings (SSSR count). The number of carbonyl (C=O) groups excluding carboxylic acids is 1. The fraction of sp³-hybridized carbons (Fsp3) is 0.148. The molecule has 0 saturated heterocycles. The minimum absolute atomic E-state index is 0.189. The zero-order valence-electron chi connectivity index (χ0n) is 18.4. The van der Waals surface area contributed by atoms with Gasteiger partial charge in [0.2, 0.25) is 5.91 Å². The quantitative estimate of drug-likeness (QED) is 0.384. The summed E-state index contributed by atoms with van der Waals surface area (Å²) in [5.74, 6) is -0.243. The molecule has 0 aliphatic heterocycles. The van der Waals surface area contributed by atoms with Crippen LogP contribution in [0, 0.1) is 0 Å². The number of hydrogen-bond acceptors (Lipinski definition) is 3. The monoisotopic (exact) mass is 436 g/mol. The van der Waals surface area contributed by atoms with Crippen molar-refractivity contribution >= 4 is 28.3 Å². The average molecular weight is 437 g/mol. The predicted molar refractivity (Wildman–Crippen MR) is 131 cm³/mol. The molecule has 0 radical (unpaired) electrons. The van der Waals surface area contributed by atoms with Gasteiger partial charge in [-0.25, -0.2) is 14.3 Å². The van der Waals surface area contributed by atoms with Crippen LogP contribution in [0.5, 0.6) is 0 Å². The van der Waals surface area contributed by atoms with Gasteiger partial charge in [0.15, 0.2) is 0 Å². The Morgan fingerprint density at radius 3 is 2.30 bits per heavy atom. The third-order valence-electron chi connectivity index (χ3n) is 5.88.